The van der Waals surface area contributed by atoms with Gasteiger partial charge in [0.2, 0.25) is 5.91 Å². The van der Waals surface area contributed by atoms with Crippen molar-refractivity contribution in [3.63, 3.8) is 0 Å². The lowest BCUT2D eigenvalue weighted by Crippen LogP contribution is -2.38. The zero-order valence-electron chi connectivity index (χ0n) is 11.4. The topological polar surface area (TPSA) is 106 Å². The summed E-state index contributed by atoms with van der Waals surface area (Å²) < 4.78 is 39.9. The Labute approximate surface area is 123 Å². The van der Waals surface area contributed by atoms with E-state index in [0.717, 1.165) is 12.1 Å². The summed E-state index contributed by atoms with van der Waals surface area (Å²) in [5.74, 6) is 3.28. The molecule has 0 unspecified atom stereocenters. The average molecular weight is 318 g/mol. The molecule has 10 heteroatoms. The molecule has 22 heavy (non-hydrogen) atoms. The van der Waals surface area contributed by atoms with E-state index in [2.05, 4.69) is 15.3 Å². The molecule has 0 saturated heterocycles. The van der Waals surface area contributed by atoms with Crippen LogP contribution in [0.25, 0.3) is 0 Å². The van der Waals surface area contributed by atoms with Crippen molar-refractivity contribution in [1.29, 1.82) is 0 Å². The van der Waals surface area contributed by atoms with Crippen molar-refractivity contribution in [3.8, 4) is 5.75 Å². The summed E-state index contributed by atoms with van der Waals surface area (Å²) in [5, 5.41) is 3.60. The molecular formula is C12H13F3N4O3. The molecule has 0 atom stereocenters. The van der Waals surface area contributed by atoms with Gasteiger partial charge in [-0.15, -0.1) is 13.2 Å². The minimum Gasteiger partial charge on any atom is -0.406 e. The lowest BCUT2D eigenvalue weighted by atomic mass is 10.1. The van der Waals surface area contributed by atoms with Gasteiger partial charge in [-0.05, 0) is 24.3 Å². The van der Waals surface area contributed by atoms with Crippen LogP contribution in [0.1, 0.15) is 18.9 Å². The molecule has 0 heterocycles. The van der Waals surface area contributed by atoms with Gasteiger partial charge in [0.15, 0.2) is 5.71 Å². The molecule has 4 N–H and O–H groups in total. The fourth-order valence-corrected chi connectivity index (χ4v) is 1.33. The van der Waals surface area contributed by atoms with Gasteiger partial charge in [0.05, 0.1) is 0 Å². The van der Waals surface area contributed by atoms with Crippen LogP contribution in [0.15, 0.2) is 29.4 Å². The molecule has 0 bridgehead atoms. The average Bonchev–Trinajstić information content (AvgIpc) is 2.46. The van der Waals surface area contributed by atoms with Gasteiger partial charge in [-0.25, -0.2) is 11.3 Å². The number of carbonyl (C=O) groups is 2. The third-order valence-corrected chi connectivity index (χ3v) is 2.32. The summed E-state index contributed by atoms with van der Waals surface area (Å²) in [6.45, 7) is 1.58. The van der Waals surface area contributed by atoms with Gasteiger partial charge in [-0.1, -0.05) is 6.92 Å². The summed E-state index contributed by atoms with van der Waals surface area (Å²) in [5.41, 5.74) is 3.83. The number of carbonyl (C=O) groups excluding carboxylic acids is 2. The third-order valence-electron chi connectivity index (χ3n) is 2.32. The van der Waals surface area contributed by atoms with Crippen molar-refractivity contribution in [3.05, 3.63) is 29.8 Å². The number of hydrazone groups is 1. The van der Waals surface area contributed by atoms with Gasteiger partial charge in [-0.2, -0.15) is 5.10 Å². The molecule has 0 aliphatic carbocycles. The number of nitrogens with two attached hydrogens (primary N) is 1. The Kier molecular flexibility index (Phi) is 5.87. The number of hydrazine groups is 1. The molecule has 7 nitrogen and oxygen atoms in total. The van der Waals surface area contributed by atoms with Crippen molar-refractivity contribution < 1.29 is 27.5 Å². The fourth-order valence-electron chi connectivity index (χ4n) is 1.33. The number of amides is 2. The molecule has 0 spiro atoms. The van der Waals surface area contributed by atoms with Crippen LogP contribution in [0.2, 0.25) is 0 Å². The number of ether oxygens (including phenoxy) is 1. The molecule has 2 amide bonds. The molecule has 1 aromatic carbocycles. The first-order valence-corrected chi connectivity index (χ1v) is 6.00. The minimum atomic E-state index is -4.82. The Morgan fingerprint density at radius 2 is 1.86 bits per heavy atom. The molecular weight excluding hydrogens is 305 g/mol. The zero-order chi connectivity index (χ0) is 16.8. The molecule has 0 fully saturated rings. The number of nitrogens with zero attached hydrogens (tertiary/aromatic N) is 1. The first-order valence-electron chi connectivity index (χ1n) is 6.00. The van der Waals surface area contributed by atoms with Crippen molar-refractivity contribution in [2.75, 3.05) is 0 Å². The zero-order valence-corrected chi connectivity index (χ0v) is 11.4. The van der Waals surface area contributed by atoms with Gasteiger partial charge in [-0.3, -0.25) is 15.0 Å². The maximum Gasteiger partial charge on any atom is 0.573 e. The second kappa shape index (κ2) is 7.41. The highest BCUT2D eigenvalue weighted by atomic mass is 19.4. The SMILES string of the molecule is CCC(=O)NN=C(C(=O)NN)c1ccc(OC(F)(F)F)cc1. The van der Waals surface area contributed by atoms with E-state index in [1.165, 1.54) is 12.1 Å². The van der Waals surface area contributed by atoms with Crippen LogP contribution in [-0.4, -0.2) is 23.9 Å². The monoisotopic (exact) mass is 318 g/mol. The highest BCUT2D eigenvalue weighted by Gasteiger charge is 2.31. The third kappa shape index (κ3) is 5.40. The Balaban J connectivity index is 3.00. The smallest absolute Gasteiger partial charge is 0.406 e. The van der Waals surface area contributed by atoms with Crippen LogP contribution < -0.4 is 21.4 Å². The van der Waals surface area contributed by atoms with Gasteiger partial charge in [0.25, 0.3) is 5.91 Å². The maximum absolute atomic E-state index is 12.1. The summed E-state index contributed by atoms with van der Waals surface area (Å²) >= 11 is 0. The van der Waals surface area contributed by atoms with E-state index in [1.54, 1.807) is 6.92 Å². The van der Waals surface area contributed by atoms with Gasteiger partial charge < -0.3 is 4.74 Å². The highest BCUT2D eigenvalue weighted by Crippen LogP contribution is 2.22. The summed E-state index contributed by atoms with van der Waals surface area (Å²) in [6.07, 6.45) is -4.68. The van der Waals surface area contributed by atoms with Crippen molar-refractivity contribution in [2.24, 2.45) is 10.9 Å². The summed E-state index contributed by atoms with van der Waals surface area (Å²) in [7, 11) is 0. The van der Waals surface area contributed by atoms with E-state index >= 15 is 0 Å². The lowest BCUT2D eigenvalue weighted by molar-refractivity contribution is -0.274. The number of alkyl halides is 3. The predicted octanol–water partition coefficient (Wildman–Crippen LogP) is 0.805. The molecule has 1 rings (SSSR count). The number of rotatable bonds is 5. The Morgan fingerprint density at radius 1 is 1.27 bits per heavy atom. The van der Waals surface area contributed by atoms with Crippen LogP contribution in [0, 0.1) is 0 Å². The van der Waals surface area contributed by atoms with E-state index in [9.17, 15) is 22.8 Å². The summed E-state index contributed by atoms with van der Waals surface area (Å²) in [6, 6.07) is 4.36. The quantitative estimate of drug-likeness (QED) is 0.323. The van der Waals surface area contributed by atoms with Crippen molar-refractivity contribution in [1.82, 2.24) is 10.9 Å². The van der Waals surface area contributed by atoms with E-state index < -0.39 is 23.9 Å². The maximum atomic E-state index is 12.1. The standard InChI is InChI=1S/C12H13F3N4O3/c1-2-9(20)18-19-10(11(21)17-16)7-3-5-8(6-4-7)22-12(13,14)15/h3-6H,2,16H2,1H3,(H,17,21)(H,18,20). The van der Waals surface area contributed by atoms with Gasteiger partial charge >= 0.3 is 6.36 Å². The lowest BCUT2D eigenvalue weighted by Gasteiger charge is -2.10. The molecule has 0 saturated carbocycles. The molecule has 0 aliphatic rings. The Bertz CT molecular complexity index is 570. The molecule has 120 valence electrons. The first kappa shape index (κ1) is 17.4. The van der Waals surface area contributed by atoms with Crippen molar-refractivity contribution in [2.45, 2.75) is 19.7 Å². The largest absolute Gasteiger partial charge is 0.573 e. The number of hydrogen-bond donors (Lipinski definition) is 3. The first-order chi connectivity index (χ1) is 10.3. The molecule has 0 aliphatic heterocycles. The Morgan fingerprint density at radius 3 is 2.32 bits per heavy atom. The number of nitrogens with one attached hydrogen (secondary N) is 2. The van der Waals surface area contributed by atoms with Gasteiger partial charge in [0, 0.05) is 12.0 Å². The van der Waals surface area contributed by atoms with E-state index in [1.807, 2.05) is 5.43 Å². The van der Waals surface area contributed by atoms with Crippen LogP contribution >= 0.6 is 0 Å². The van der Waals surface area contributed by atoms with E-state index in [-0.39, 0.29) is 17.7 Å². The number of halogens is 3. The molecule has 0 aromatic heterocycles. The fraction of sp³-hybridized carbons (Fsp3) is 0.250. The van der Waals surface area contributed by atoms with Crippen molar-refractivity contribution >= 4 is 17.5 Å². The number of benzene rings is 1. The minimum absolute atomic E-state index is 0.138. The molecule has 0 radical (unpaired) electrons. The second-order valence-electron chi connectivity index (χ2n) is 3.89. The van der Waals surface area contributed by atoms with Crippen LogP contribution in [-0.2, 0) is 9.59 Å². The number of hydrogen-bond acceptors (Lipinski definition) is 5. The van der Waals surface area contributed by atoms with E-state index in [4.69, 9.17) is 5.84 Å². The normalized spacial score (nSPS) is 11.8. The van der Waals surface area contributed by atoms with Gasteiger partial charge in [0.1, 0.15) is 5.75 Å². The van der Waals surface area contributed by atoms with Crippen LogP contribution in [0.4, 0.5) is 13.2 Å². The van der Waals surface area contributed by atoms with Crippen LogP contribution in [0.3, 0.4) is 0 Å². The highest BCUT2D eigenvalue weighted by molar-refractivity contribution is 6.45. The Hall–Kier alpha value is -2.62. The van der Waals surface area contributed by atoms with E-state index in [0.29, 0.717) is 0 Å². The van der Waals surface area contributed by atoms with Crippen LogP contribution in [0.5, 0.6) is 5.75 Å². The second-order valence-corrected chi connectivity index (χ2v) is 3.89. The predicted molar refractivity (Wildman–Crippen MR) is 70.4 cm³/mol. The summed E-state index contributed by atoms with van der Waals surface area (Å²) in [4.78, 5) is 22.7. The molecule has 1 aromatic rings.